The van der Waals surface area contributed by atoms with E-state index >= 15 is 0 Å². The van der Waals surface area contributed by atoms with Crippen molar-refractivity contribution in [2.45, 2.75) is 6.92 Å². The van der Waals surface area contributed by atoms with Gasteiger partial charge in [0.05, 0.1) is 5.69 Å². The van der Waals surface area contributed by atoms with Crippen LogP contribution in [0.2, 0.25) is 5.02 Å². The molecule has 0 aliphatic rings. The SMILES string of the molecule is Cc1cc(-c2cccc(Cl)c2)ccc1NC(=O)c1ccc(=O)n(-c2ccc(F)cc2)n1. The Bertz CT molecular complexity index is 1330. The molecule has 0 saturated heterocycles. The Kier molecular flexibility index (Phi) is 5.64. The monoisotopic (exact) mass is 433 g/mol. The Labute approximate surface area is 182 Å². The fourth-order valence-corrected chi connectivity index (χ4v) is 3.33. The molecule has 154 valence electrons. The molecule has 0 bridgehead atoms. The number of rotatable bonds is 4. The van der Waals surface area contributed by atoms with Crippen LogP contribution in [0.1, 0.15) is 16.1 Å². The third-order valence-corrected chi connectivity index (χ3v) is 4.97. The Hall–Kier alpha value is -3.77. The highest BCUT2D eigenvalue weighted by Crippen LogP contribution is 2.27. The molecule has 1 amide bonds. The highest BCUT2D eigenvalue weighted by atomic mass is 35.5. The van der Waals surface area contributed by atoms with Crippen LogP contribution in [-0.4, -0.2) is 15.7 Å². The molecule has 4 rings (SSSR count). The van der Waals surface area contributed by atoms with Crippen molar-refractivity contribution in [3.8, 4) is 16.8 Å². The molecule has 0 radical (unpaired) electrons. The summed E-state index contributed by atoms with van der Waals surface area (Å²) < 4.78 is 14.2. The molecule has 5 nitrogen and oxygen atoms in total. The predicted molar refractivity (Wildman–Crippen MR) is 119 cm³/mol. The molecule has 4 aromatic rings. The third-order valence-electron chi connectivity index (χ3n) is 4.74. The molecule has 0 saturated carbocycles. The van der Waals surface area contributed by atoms with Gasteiger partial charge >= 0.3 is 0 Å². The van der Waals surface area contributed by atoms with Gasteiger partial charge in [-0.05, 0) is 78.2 Å². The van der Waals surface area contributed by atoms with Gasteiger partial charge in [0.25, 0.3) is 11.5 Å². The molecule has 1 aromatic heterocycles. The molecule has 0 unspecified atom stereocenters. The molecule has 0 aliphatic heterocycles. The lowest BCUT2D eigenvalue weighted by molar-refractivity contribution is 0.102. The summed E-state index contributed by atoms with van der Waals surface area (Å²) in [6, 6.07) is 21.1. The largest absolute Gasteiger partial charge is 0.320 e. The van der Waals surface area contributed by atoms with Gasteiger partial charge in [0, 0.05) is 16.8 Å². The number of anilines is 1. The number of hydrogen-bond acceptors (Lipinski definition) is 3. The van der Waals surface area contributed by atoms with Crippen LogP contribution in [0.5, 0.6) is 0 Å². The van der Waals surface area contributed by atoms with Crippen molar-refractivity contribution in [1.29, 1.82) is 0 Å². The normalized spacial score (nSPS) is 10.7. The summed E-state index contributed by atoms with van der Waals surface area (Å²) in [6.45, 7) is 1.89. The Balaban J connectivity index is 1.59. The van der Waals surface area contributed by atoms with E-state index in [2.05, 4.69) is 10.4 Å². The standard InChI is InChI=1S/C24H17ClFN3O2/c1-15-13-17(16-3-2-4-18(25)14-16)5-10-21(15)27-24(31)22-11-12-23(30)29(28-22)20-8-6-19(26)7-9-20/h2-14H,1H3,(H,27,31). The molecule has 1 N–H and O–H groups in total. The van der Waals surface area contributed by atoms with Gasteiger partial charge in [-0.3, -0.25) is 9.59 Å². The quantitative estimate of drug-likeness (QED) is 0.478. The minimum atomic E-state index is -0.463. The first-order valence-corrected chi connectivity index (χ1v) is 9.83. The number of halogens is 2. The second-order valence-electron chi connectivity index (χ2n) is 6.94. The van der Waals surface area contributed by atoms with Crippen molar-refractivity contribution >= 4 is 23.2 Å². The van der Waals surface area contributed by atoms with Crippen molar-refractivity contribution in [1.82, 2.24) is 9.78 Å². The summed E-state index contributed by atoms with van der Waals surface area (Å²) >= 11 is 6.07. The van der Waals surface area contributed by atoms with Crippen LogP contribution in [0.25, 0.3) is 16.8 Å². The number of nitrogens with zero attached hydrogens (tertiary/aromatic N) is 2. The zero-order valence-electron chi connectivity index (χ0n) is 16.5. The van der Waals surface area contributed by atoms with Crippen LogP contribution in [0, 0.1) is 12.7 Å². The van der Waals surface area contributed by atoms with Crippen LogP contribution in [0.3, 0.4) is 0 Å². The van der Waals surface area contributed by atoms with Gasteiger partial charge in [0.1, 0.15) is 11.5 Å². The van der Waals surface area contributed by atoms with E-state index in [1.807, 2.05) is 43.3 Å². The van der Waals surface area contributed by atoms with Crippen molar-refractivity contribution in [2.24, 2.45) is 0 Å². The number of aromatic nitrogens is 2. The van der Waals surface area contributed by atoms with Crippen LogP contribution < -0.4 is 10.9 Å². The topological polar surface area (TPSA) is 64.0 Å². The summed E-state index contributed by atoms with van der Waals surface area (Å²) in [7, 11) is 0. The number of benzene rings is 3. The summed E-state index contributed by atoms with van der Waals surface area (Å²) in [5.41, 5.74) is 3.42. The lowest BCUT2D eigenvalue weighted by atomic mass is 10.0. The van der Waals surface area contributed by atoms with Gasteiger partial charge in [0.2, 0.25) is 0 Å². The lowest BCUT2D eigenvalue weighted by Crippen LogP contribution is -2.25. The van der Waals surface area contributed by atoms with Crippen LogP contribution >= 0.6 is 11.6 Å². The third kappa shape index (κ3) is 4.54. The molecular weight excluding hydrogens is 417 g/mol. The van der Waals surface area contributed by atoms with E-state index in [4.69, 9.17) is 11.6 Å². The number of hydrogen-bond donors (Lipinski definition) is 1. The summed E-state index contributed by atoms with van der Waals surface area (Å²) in [5.74, 6) is -0.892. The molecular formula is C24H17ClFN3O2. The van der Waals surface area contributed by atoms with Gasteiger partial charge in [-0.25, -0.2) is 4.39 Å². The van der Waals surface area contributed by atoms with Crippen LogP contribution in [0.4, 0.5) is 10.1 Å². The maximum absolute atomic E-state index is 13.2. The average molecular weight is 434 g/mol. The van der Waals surface area contributed by atoms with Gasteiger partial charge in [-0.1, -0.05) is 29.8 Å². The van der Waals surface area contributed by atoms with Crippen molar-refractivity contribution in [3.63, 3.8) is 0 Å². The number of nitrogens with one attached hydrogen (secondary N) is 1. The zero-order chi connectivity index (χ0) is 22.0. The van der Waals surface area contributed by atoms with Crippen molar-refractivity contribution < 1.29 is 9.18 Å². The van der Waals surface area contributed by atoms with Crippen molar-refractivity contribution in [3.05, 3.63) is 111 Å². The number of carbonyl (C=O) groups is 1. The molecule has 0 atom stereocenters. The van der Waals surface area contributed by atoms with Gasteiger partial charge < -0.3 is 5.32 Å². The minimum absolute atomic E-state index is 0.0576. The van der Waals surface area contributed by atoms with E-state index in [-0.39, 0.29) is 5.69 Å². The number of amides is 1. The van der Waals surface area contributed by atoms with Crippen LogP contribution in [-0.2, 0) is 0 Å². The molecule has 0 spiro atoms. The highest BCUT2D eigenvalue weighted by molar-refractivity contribution is 6.30. The molecule has 7 heteroatoms. The van der Waals surface area contributed by atoms with E-state index < -0.39 is 17.3 Å². The first-order chi connectivity index (χ1) is 14.9. The Morgan fingerprint density at radius 2 is 1.71 bits per heavy atom. The zero-order valence-corrected chi connectivity index (χ0v) is 17.2. The molecule has 0 aliphatic carbocycles. The Morgan fingerprint density at radius 3 is 2.42 bits per heavy atom. The summed E-state index contributed by atoms with van der Waals surface area (Å²) in [5, 5.41) is 7.60. The van der Waals surface area contributed by atoms with E-state index in [1.54, 1.807) is 6.07 Å². The van der Waals surface area contributed by atoms with E-state index in [1.165, 1.54) is 36.4 Å². The molecule has 0 fully saturated rings. The molecule has 3 aromatic carbocycles. The maximum atomic E-state index is 13.2. The van der Waals surface area contributed by atoms with E-state index in [0.717, 1.165) is 21.4 Å². The minimum Gasteiger partial charge on any atom is -0.320 e. The first-order valence-electron chi connectivity index (χ1n) is 9.45. The first kappa shape index (κ1) is 20.5. The number of aryl methyl sites for hydroxylation is 1. The molecule has 1 heterocycles. The van der Waals surface area contributed by atoms with Crippen molar-refractivity contribution in [2.75, 3.05) is 5.32 Å². The van der Waals surface area contributed by atoms with E-state index in [9.17, 15) is 14.0 Å². The second-order valence-corrected chi connectivity index (χ2v) is 7.38. The maximum Gasteiger partial charge on any atom is 0.276 e. The molecule has 31 heavy (non-hydrogen) atoms. The Morgan fingerprint density at radius 1 is 0.968 bits per heavy atom. The smallest absolute Gasteiger partial charge is 0.276 e. The second kappa shape index (κ2) is 8.53. The van der Waals surface area contributed by atoms with Gasteiger partial charge in [-0.2, -0.15) is 9.78 Å². The van der Waals surface area contributed by atoms with Gasteiger partial charge in [-0.15, -0.1) is 0 Å². The fourth-order valence-electron chi connectivity index (χ4n) is 3.14. The predicted octanol–water partition coefficient (Wildman–Crippen LogP) is 5.25. The van der Waals surface area contributed by atoms with E-state index in [0.29, 0.717) is 16.4 Å². The lowest BCUT2D eigenvalue weighted by Gasteiger charge is -2.11. The highest BCUT2D eigenvalue weighted by Gasteiger charge is 2.13. The van der Waals surface area contributed by atoms with Gasteiger partial charge in [0.15, 0.2) is 0 Å². The number of carbonyl (C=O) groups excluding carboxylic acids is 1. The fraction of sp³-hybridized carbons (Fsp3) is 0.0417. The average Bonchev–Trinajstić information content (AvgIpc) is 2.76. The summed E-state index contributed by atoms with van der Waals surface area (Å²) in [4.78, 5) is 24.9. The van der Waals surface area contributed by atoms with Crippen LogP contribution in [0.15, 0.2) is 83.7 Å². The summed E-state index contributed by atoms with van der Waals surface area (Å²) in [6.07, 6.45) is 0.